The van der Waals surface area contributed by atoms with Crippen LogP contribution in [-0.2, 0) is 4.79 Å². The van der Waals surface area contributed by atoms with Crippen LogP contribution in [0.5, 0.6) is 0 Å². The number of rotatable bonds is 2. The Morgan fingerprint density at radius 3 is 2.28 bits per heavy atom. The molecule has 4 nitrogen and oxygen atoms in total. The maximum Gasteiger partial charge on any atom is 0.335 e. The summed E-state index contributed by atoms with van der Waals surface area (Å²) in [6.07, 6.45) is 9.31. The molecular weight excluding hydrogens is 230 g/mol. The standard InChI is InChI=1S/C14H25NO3/c16-13(17)14(18)8-5-10-15(11-9-14)12-6-3-1-2-4-7-12/h12,18H,1-11H2,(H,16,17). The SMILES string of the molecule is O=C(O)C1(O)CCCN(C2CCCCCC2)CC1. The van der Waals surface area contributed by atoms with Gasteiger partial charge in [0.25, 0.3) is 0 Å². The van der Waals surface area contributed by atoms with Gasteiger partial charge in [-0.2, -0.15) is 0 Å². The Balaban J connectivity index is 1.93. The second-order valence-electron chi connectivity index (χ2n) is 5.87. The van der Waals surface area contributed by atoms with Crippen molar-refractivity contribution in [3.8, 4) is 0 Å². The molecule has 2 aliphatic rings. The third kappa shape index (κ3) is 3.23. The van der Waals surface area contributed by atoms with Gasteiger partial charge in [0.15, 0.2) is 5.60 Å². The number of nitrogens with zero attached hydrogens (tertiary/aromatic N) is 1. The quantitative estimate of drug-likeness (QED) is 0.741. The topological polar surface area (TPSA) is 60.8 Å². The third-order valence-corrected chi connectivity index (χ3v) is 4.59. The molecule has 2 fully saturated rings. The van der Waals surface area contributed by atoms with Crippen LogP contribution in [0.4, 0.5) is 0 Å². The Morgan fingerprint density at radius 1 is 1.00 bits per heavy atom. The summed E-state index contributed by atoms with van der Waals surface area (Å²) in [5.74, 6) is -1.05. The van der Waals surface area contributed by atoms with E-state index in [0.717, 1.165) is 19.5 Å². The highest BCUT2D eigenvalue weighted by atomic mass is 16.4. The molecule has 18 heavy (non-hydrogen) atoms. The van der Waals surface area contributed by atoms with Gasteiger partial charge in [0, 0.05) is 12.6 Å². The van der Waals surface area contributed by atoms with Crippen LogP contribution in [0, 0.1) is 0 Å². The largest absolute Gasteiger partial charge is 0.479 e. The molecule has 2 rings (SSSR count). The van der Waals surface area contributed by atoms with E-state index in [1.807, 2.05) is 0 Å². The van der Waals surface area contributed by atoms with Crippen LogP contribution in [0.2, 0.25) is 0 Å². The second-order valence-corrected chi connectivity index (χ2v) is 5.87. The summed E-state index contributed by atoms with van der Waals surface area (Å²) in [6.45, 7) is 1.67. The van der Waals surface area contributed by atoms with Crippen molar-refractivity contribution in [3.63, 3.8) is 0 Å². The predicted molar refractivity (Wildman–Crippen MR) is 69.5 cm³/mol. The lowest BCUT2D eigenvalue weighted by molar-refractivity contribution is -0.159. The summed E-state index contributed by atoms with van der Waals surface area (Å²) < 4.78 is 0. The van der Waals surface area contributed by atoms with Gasteiger partial charge in [0.05, 0.1) is 0 Å². The van der Waals surface area contributed by atoms with Gasteiger partial charge in [-0.3, -0.25) is 0 Å². The average Bonchev–Trinajstić information content (AvgIpc) is 2.70. The zero-order valence-electron chi connectivity index (χ0n) is 11.1. The molecule has 1 atom stereocenters. The van der Waals surface area contributed by atoms with E-state index in [0.29, 0.717) is 18.9 Å². The number of carboxylic acid groups (broad SMARTS) is 1. The first-order valence-corrected chi connectivity index (χ1v) is 7.32. The Hall–Kier alpha value is -0.610. The zero-order chi connectivity index (χ0) is 13.0. The van der Waals surface area contributed by atoms with Crippen LogP contribution in [0.3, 0.4) is 0 Å². The molecule has 4 heteroatoms. The summed E-state index contributed by atoms with van der Waals surface area (Å²) in [7, 11) is 0. The van der Waals surface area contributed by atoms with Crippen LogP contribution < -0.4 is 0 Å². The van der Waals surface area contributed by atoms with Crippen LogP contribution in [-0.4, -0.2) is 45.8 Å². The number of hydrogen-bond donors (Lipinski definition) is 2. The molecule has 0 aromatic carbocycles. The Bertz CT molecular complexity index is 287. The fourth-order valence-corrected chi connectivity index (χ4v) is 3.34. The molecule has 0 amide bonds. The number of hydrogen-bond acceptors (Lipinski definition) is 3. The number of aliphatic hydroxyl groups is 1. The molecule has 0 radical (unpaired) electrons. The molecule has 2 N–H and O–H groups in total. The molecule has 1 aliphatic heterocycles. The van der Waals surface area contributed by atoms with Crippen molar-refractivity contribution in [3.05, 3.63) is 0 Å². The lowest BCUT2D eigenvalue weighted by atomic mass is 9.95. The molecule has 1 heterocycles. The summed E-state index contributed by atoms with van der Waals surface area (Å²) in [6, 6.07) is 0.614. The van der Waals surface area contributed by atoms with Crippen molar-refractivity contribution < 1.29 is 15.0 Å². The summed E-state index contributed by atoms with van der Waals surface area (Å²) >= 11 is 0. The normalized spacial score (nSPS) is 32.7. The van der Waals surface area contributed by atoms with Crippen LogP contribution in [0.1, 0.15) is 57.8 Å². The number of aliphatic carboxylic acids is 1. The van der Waals surface area contributed by atoms with E-state index in [1.54, 1.807) is 0 Å². The fourth-order valence-electron chi connectivity index (χ4n) is 3.34. The van der Waals surface area contributed by atoms with Gasteiger partial charge in [0.2, 0.25) is 0 Å². The van der Waals surface area contributed by atoms with Crippen LogP contribution in [0.25, 0.3) is 0 Å². The van der Waals surface area contributed by atoms with Gasteiger partial charge in [-0.25, -0.2) is 4.79 Å². The highest BCUT2D eigenvalue weighted by molar-refractivity contribution is 5.77. The van der Waals surface area contributed by atoms with Crippen LogP contribution in [0.15, 0.2) is 0 Å². The predicted octanol–water partition coefficient (Wildman–Crippen LogP) is 2.01. The van der Waals surface area contributed by atoms with Crippen molar-refractivity contribution in [2.75, 3.05) is 13.1 Å². The van der Waals surface area contributed by atoms with Crippen molar-refractivity contribution in [2.45, 2.75) is 69.4 Å². The minimum Gasteiger partial charge on any atom is -0.479 e. The smallest absolute Gasteiger partial charge is 0.335 e. The molecule has 0 bridgehead atoms. The third-order valence-electron chi connectivity index (χ3n) is 4.59. The van der Waals surface area contributed by atoms with E-state index < -0.39 is 11.6 Å². The summed E-state index contributed by atoms with van der Waals surface area (Å²) in [5, 5.41) is 19.2. The van der Waals surface area contributed by atoms with Crippen LogP contribution >= 0.6 is 0 Å². The monoisotopic (exact) mass is 255 g/mol. The van der Waals surface area contributed by atoms with Gasteiger partial charge >= 0.3 is 5.97 Å². The first kappa shape index (κ1) is 13.8. The maximum absolute atomic E-state index is 11.1. The van der Waals surface area contributed by atoms with Crippen molar-refractivity contribution in [1.29, 1.82) is 0 Å². The Morgan fingerprint density at radius 2 is 1.67 bits per heavy atom. The lowest BCUT2D eigenvalue weighted by Gasteiger charge is -2.30. The molecule has 0 aromatic rings. The number of carbonyl (C=O) groups is 1. The van der Waals surface area contributed by atoms with Crippen molar-refractivity contribution in [1.82, 2.24) is 4.90 Å². The van der Waals surface area contributed by atoms with Gasteiger partial charge in [-0.15, -0.1) is 0 Å². The highest BCUT2D eigenvalue weighted by Crippen LogP contribution is 2.28. The fraction of sp³-hybridized carbons (Fsp3) is 0.929. The maximum atomic E-state index is 11.1. The molecular formula is C14H25NO3. The lowest BCUT2D eigenvalue weighted by Crippen LogP contribution is -2.41. The van der Waals surface area contributed by atoms with E-state index in [-0.39, 0.29) is 0 Å². The second kappa shape index (κ2) is 6.02. The number of carboxylic acids is 1. The Labute approximate surface area is 109 Å². The molecule has 1 unspecified atom stereocenters. The first-order valence-electron chi connectivity index (χ1n) is 7.32. The van der Waals surface area contributed by atoms with Gasteiger partial charge in [-0.1, -0.05) is 25.7 Å². The average molecular weight is 255 g/mol. The van der Waals surface area contributed by atoms with E-state index in [2.05, 4.69) is 4.90 Å². The summed E-state index contributed by atoms with van der Waals surface area (Å²) in [4.78, 5) is 13.5. The molecule has 1 saturated heterocycles. The summed E-state index contributed by atoms with van der Waals surface area (Å²) in [5.41, 5.74) is -1.49. The molecule has 1 aliphatic carbocycles. The van der Waals surface area contributed by atoms with E-state index in [1.165, 1.54) is 38.5 Å². The minimum absolute atomic E-state index is 0.374. The van der Waals surface area contributed by atoms with Gasteiger partial charge in [0.1, 0.15) is 0 Å². The van der Waals surface area contributed by atoms with Crippen molar-refractivity contribution >= 4 is 5.97 Å². The Kier molecular flexibility index (Phi) is 4.62. The van der Waals surface area contributed by atoms with Gasteiger partial charge in [-0.05, 0) is 38.6 Å². The van der Waals surface area contributed by atoms with Crippen molar-refractivity contribution in [2.24, 2.45) is 0 Å². The molecule has 0 aromatic heterocycles. The molecule has 104 valence electrons. The first-order chi connectivity index (χ1) is 8.62. The van der Waals surface area contributed by atoms with Gasteiger partial charge < -0.3 is 15.1 Å². The highest BCUT2D eigenvalue weighted by Gasteiger charge is 2.38. The van der Waals surface area contributed by atoms with E-state index in [4.69, 9.17) is 5.11 Å². The number of likely N-dealkylation sites (tertiary alicyclic amines) is 1. The van der Waals surface area contributed by atoms with E-state index >= 15 is 0 Å². The zero-order valence-corrected chi connectivity index (χ0v) is 11.1. The molecule has 1 saturated carbocycles. The minimum atomic E-state index is -1.49. The van der Waals surface area contributed by atoms with E-state index in [9.17, 15) is 9.90 Å². The molecule has 0 spiro atoms.